The van der Waals surface area contributed by atoms with Crippen LogP contribution in [0.25, 0.3) is 0 Å². The summed E-state index contributed by atoms with van der Waals surface area (Å²) in [7, 11) is 0. The fraction of sp³-hybridized carbons (Fsp3) is 0.722. The molecular weight excluding hydrogens is 260 g/mol. The lowest BCUT2D eigenvalue weighted by Crippen LogP contribution is -2.38. The standard InChI is InChI=1S/C18H26N2O/c1-17(2)9-14-10-18(3,11-17)12-20(14)16(21)15-5-4-8-19(15)13-6-7-13/h4-5,8,13-14H,6-7,9-12H2,1-3H3/t14-,18-/m1/s1. The number of rotatable bonds is 2. The van der Waals surface area contributed by atoms with E-state index in [0.717, 1.165) is 18.7 Å². The lowest BCUT2D eigenvalue weighted by molar-refractivity contribution is 0.0697. The van der Waals surface area contributed by atoms with Gasteiger partial charge in [-0.05, 0) is 55.1 Å². The van der Waals surface area contributed by atoms with E-state index in [4.69, 9.17) is 0 Å². The molecule has 0 radical (unpaired) electrons. The monoisotopic (exact) mass is 286 g/mol. The van der Waals surface area contributed by atoms with Crippen LogP contribution in [0.1, 0.15) is 69.4 Å². The maximum atomic E-state index is 13.1. The Morgan fingerprint density at radius 3 is 2.67 bits per heavy atom. The van der Waals surface area contributed by atoms with E-state index < -0.39 is 0 Å². The van der Waals surface area contributed by atoms with Crippen molar-refractivity contribution in [1.29, 1.82) is 0 Å². The molecule has 3 aliphatic rings. The number of amides is 1. The molecule has 21 heavy (non-hydrogen) atoms. The zero-order chi connectivity index (χ0) is 14.8. The Labute approximate surface area is 127 Å². The van der Waals surface area contributed by atoms with E-state index >= 15 is 0 Å². The molecule has 4 rings (SSSR count). The quantitative estimate of drug-likeness (QED) is 0.810. The third-order valence-electron chi connectivity index (χ3n) is 5.61. The minimum absolute atomic E-state index is 0.262. The van der Waals surface area contributed by atoms with Gasteiger partial charge in [0.05, 0.1) is 0 Å². The topological polar surface area (TPSA) is 25.2 Å². The largest absolute Gasteiger partial charge is 0.340 e. The van der Waals surface area contributed by atoms with Gasteiger partial charge in [0.2, 0.25) is 0 Å². The molecule has 114 valence electrons. The molecule has 1 aliphatic heterocycles. The third-order valence-corrected chi connectivity index (χ3v) is 5.61. The van der Waals surface area contributed by atoms with Crippen molar-refractivity contribution in [2.45, 2.75) is 65.0 Å². The predicted octanol–water partition coefficient (Wildman–Crippen LogP) is 3.86. The molecule has 0 N–H and O–H groups in total. The number of nitrogens with zero attached hydrogens (tertiary/aromatic N) is 2. The van der Waals surface area contributed by atoms with Crippen LogP contribution >= 0.6 is 0 Å². The van der Waals surface area contributed by atoms with Crippen LogP contribution in [0.4, 0.5) is 0 Å². The van der Waals surface area contributed by atoms with Gasteiger partial charge in [-0.3, -0.25) is 4.79 Å². The van der Waals surface area contributed by atoms with Crippen LogP contribution in [0, 0.1) is 10.8 Å². The summed E-state index contributed by atoms with van der Waals surface area (Å²) in [6.45, 7) is 8.03. The highest BCUT2D eigenvalue weighted by Gasteiger charge is 2.51. The Kier molecular flexibility index (Phi) is 2.65. The Hall–Kier alpha value is -1.25. The summed E-state index contributed by atoms with van der Waals surface area (Å²) in [5.74, 6) is 0.262. The van der Waals surface area contributed by atoms with E-state index in [1.54, 1.807) is 0 Å². The Morgan fingerprint density at radius 1 is 1.19 bits per heavy atom. The number of hydrogen-bond donors (Lipinski definition) is 0. The molecule has 1 saturated heterocycles. The lowest BCUT2D eigenvalue weighted by Gasteiger charge is -2.39. The summed E-state index contributed by atoms with van der Waals surface area (Å²) in [4.78, 5) is 15.2. The number of carbonyl (C=O) groups is 1. The first-order valence-electron chi connectivity index (χ1n) is 8.35. The van der Waals surface area contributed by atoms with Gasteiger partial charge in [-0.15, -0.1) is 0 Å². The molecule has 3 nitrogen and oxygen atoms in total. The van der Waals surface area contributed by atoms with Crippen LogP contribution in [0.2, 0.25) is 0 Å². The molecule has 0 aromatic carbocycles. The molecule has 1 aromatic heterocycles. The summed E-state index contributed by atoms with van der Waals surface area (Å²) >= 11 is 0. The van der Waals surface area contributed by atoms with E-state index in [1.807, 2.05) is 12.1 Å². The number of carbonyl (C=O) groups excluding carboxylic acids is 1. The molecule has 0 spiro atoms. The second kappa shape index (κ2) is 4.15. The number of likely N-dealkylation sites (tertiary alicyclic amines) is 1. The average Bonchev–Trinajstić information content (AvgIpc) is 3.03. The fourth-order valence-corrected chi connectivity index (χ4v) is 5.09. The summed E-state index contributed by atoms with van der Waals surface area (Å²) in [5.41, 5.74) is 1.59. The van der Waals surface area contributed by atoms with Gasteiger partial charge in [0.15, 0.2) is 0 Å². The van der Waals surface area contributed by atoms with Gasteiger partial charge in [0, 0.05) is 24.8 Å². The van der Waals surface area contributed by atoms with Crippen LogP contribution in [-0.4, -0.2) is 28.0 Å². The van der Waals surface area contributed by atoms with E-state index in [2.05, 4.69) is 36.4 Å². The molecular formula is C18H26N2O. The summed E-state index contributed by atoms with van der Waals surface area (Å²) < 4.78 is 2.21. The first-order valence-corrected chi connectivity index (χ1v) is 8.35. The van der Waals surface area contributed by atoms with Gasteiger partial charge in [-0.2, -0.15) is 0 Å². The summed E-state index contributed by atoms with van der Waals surface area (Å²) in [6, 6.07) is 5.05. The fourth-order valence-electron chi connectivity index (χ4n) is 5.09. The molecule has 3 fully saturated rings. The van der Waals surface area contributed by atoms with Gasteiger partial charge < -0.3 is 9.47 Å². The highest BCUT2D eigenvalue weighted by atomic mass is 16.2. The van der Waals surface area contributed by atoms with Gasteiger partial charge >= 0.3 is 0 Å². The van der Waals surface area contributed by atoms with E-state index in [0.29, 0.717) is 22.9 Å². The van der Waals surface area contributed by atoms with Crippen molar-refractivity contribution in [2.24, 2.45) is 10.8 Å². The van der Waals surface area contributed by atoms with Crippen molar-refractivity contribution in [3.8, 4) is 0 Å². The van der Waals surface area contributed by atoms with Crippen molar-refractivity contribution in [3.05, 3.63) is 24.0 Å². The summed E-state index contributed by atoms with van der Waals surface area (Å²) in [6.07, 6.45) is 8.11. The highest BCUT2D eigenvalue weighted by Crippen LogP contribution is 2.52. The highest BCUT2D eigenvalue weighted by molar-refractivity contribution is 5.93. The smallest absolute Gasteiger partial charge is 0.270 e. The maximum absolute atomic E-state index is 13.1. The van der Waals surface area contributed by atoms with Gasteiger partial charge in [0.25, 0.3) is 5.91 Å². The molecule has 3 heteroatoms. The van der Waals surface area contributed by atoms with Gasteiger partial charge in [-0.25, -0.2) is 0 Å². The molecule has 2 saturated carbocycles. The first-order chi connectivity index (χ1) is 9.87. The van der Waals surface area contributed by atoms with Crippen molar-refractivity contribution in [2.75, 3.05) is 6.54 Å². The van der Waals surface area contributed by atoms with Gasteiger partial charge in [0.1, 0.15) is 5.69 Å². The molecule has 1 aromatic rings. The Morgan fingerprint density at radius 2 is 1.95 bits per heavy atom. The van der Waals surface area contributed by atoms with Crippen LogP contribution < -0.4 is 0 Å². The number of aromatic nitrogens is 1. The zero-order valence-electron chi connectivity index (χ0n) is 13.4. The molecule has 0 unspecified atom stereocenters. The summed E-state index contributed by atoms with van der Waals surface area (Å²) in [5, 5.41) is 0. The lowest BCUT2D eigenvalue weighted by atomic mass is 9.65. The van der Waals surface area contributed by atoms with Crippen molar-refractivity contribution in [1.82, 2.24) is 9.47 Å². The second-order valence-corrected chi connectivity index (χ2v) is 8.68. The Balaban J connectivity index is 1.62. The van der Waals surface area contributed by atoms with Gasteiger partial charge in [-0.1, -0.05) is 20.8 Å². The minimum Gasteiger partial charge on any atom is -0.340 e. The van der Waals surface area contributed by atoms with E-state index in [1.165, 1.54) is 25.7 Å². The van der Waals surface area contributed by atoms with Crippen LogP contribution in [0.15, 0.2) is 18.3 Å². The number of hydrogen-bond acceptors (Lipinski definition) is 1. The predicted molar refractivity (Wildman–Crippen MR) is 83.3 cm³/mol. The van der Waals surface area contributed by atoms with Crippen LogP contribution in [-0.2, 0) is 0 Å². The van der Waals surface area contributed by atoms with E-state index in [-0.39, 0.29) is 5.91 Å². The average molecular weight is 286 g/mol. The van der Waals surface area contributed by atoms with Crippen LogP contribution in [0.3, 0.4) is 0 Å². The van der Waals surface area contributed by atoms with Crippen molar-refractivity contribution < 1.29 is 4.79 Å². The zero-order valence-corrected chi connectivity index (χ0v) is 13.4. The second-order valence-electron chi connectivity index (χ2n) is 8.68. The molecule has 1 amide bonds. The minimum atomic E-state index is 0.262. The molecule has 2 bridgehead atoms. The molecule has 2 aliphatic carbocycles. The third kappa shape index (κ3) is 2.21. The van der Waals surface area contributed by atoms with Crippen molar-refractivity contribution >= 4 is 5.91 Å². The Bertz CT molecular complexity index is 584. The van der Waals surface area contributed by atoms with E-state index in [9.17, 15) is 4.79 Å². The van der Waals surface area contributed by atoms with Crippen molar-refractivity contribution in [3.63, 3.8) is 0 Å². The molecule has 2 heterocycles. The normalized spacial score (nSPS) is 34.2. The maximum Gasteiger partial charge on any atom is 0.270 e. The number of fused-ring (bicyclic) bond motifs is 2. The van der Waals surface area contributed by atoms with Crippen LogP contribution in [0.5, 0.6) is 0 Å². The first kappa shape index (κ1) is 13.4. The molecule has 2 atom stereocenters. The SMILES string of the molecule is CC1(C)C[C@@H]2C[C@@](C)(CN2C(=O)c2cccn2C2CC2)C1.